The lowest BCUT2D eigenvalue weighted by Crippen LogP contribution is -2.45. The second-order valence-corrected chi connectivity index (χ2v) is 5.71. The van der Waals surface area contributed by atoms with E-state index in [4.69, 9.17) is 0 Å². The van der Waals surface area contributed by atoms with Gasteiger partial charge in [0.05, 0.1) is 13.2 Å². The van der Waals surface area contributed by atoms with Crippen molar-refractivity contribution >= 4 is 11.6 Å². The van der Waals surface area contributed by atoms with E-state index in [0.29, 0.717) is 18.2 Å². The minimum absolute atomic E-state index is 0.0410. The Morgan fingerprint density at radius 3 is 3.00 bits per heavy atom. The van der Waals surface area contributed by atoms with E-state index in [1.54, 1.807) is 17.0 Å². The first-order chi connectivity index (χ1) is 10.1. The van der Waals surface area contributed by atoms with E-state index in [1.807, 2.05) is 4.90 Å². The number of aliphatic hydroxyl groups is 1. The van der Waals surface area contributed by atoms with Gasteiger partial charge in [0.25, 0.3) is 0 Å². The molecule has 1 saturated heterocycles. The van der Waals surface area contributed by atoms with Crippen LogP contribution in [0.15, 0.2) is 24.3 Å². The van der Waals surface area contributed by atoms with Crippen molar-refractivity contribution in [3.8, 4) is 0 Å². The summed E-state index contributed by atoms with van der Waals surface area (Å²) in [7, 11) is 0. The number of benzene rings is 1. The molecule has 1 heterocycles. The molecule has 1 atom stereocenters. The van der Waals surface area contributed by atoms with Crippen LogP contribution in [0.3, 0.4) is 0 Å². The number of amides is 1. The summed E-state index contributed by atoms with van der Waals surface area (Å²) in [5.74, 6) is 0.233. The molecule has 0 spiro atoms. The summed E-state index contributed by atoms with van der Waals surface area (Å²) in [6, 6.07) is 6.13. The van der Waals surface area contributed by atoms with Crippen molar-refractivity contribution < 1.29 is 14.3 Å². The smallest absolute Gasteiger partial charge is 0.242 e. The number of rotatable bonds is 5. The number of carbonyl (C=O) groups excluding carboxylic acids is 1. The second kappa shape index (κ2) is 7.41. The van der Waals surface area contributed by atoms with Gasteiger partial charge in [0.1, 0.15) is 5.82 Å². The monoisotopic (exact) mass is 294 g/mol. The third-order valence-corrected chi connectivity index (χ3v) is 3.88. The summed E-state index contributed by atoms with van der Waals surface area (Å²) in [6.45, 7) is 4.15. The molecule has 116 valence electrons. The molecule has 21 heavy (non-hydrogen) atoms. The van der Waals surface area contributed by atoms with Crippen LogP contribution in [0.1, 0.15) is 19.8 Å². The van der Waals surface area contributed by atoms with Gasteiger partial charge >= 0.3 is 0 Å². The molecule has 0 aliphatic carbocycles. The van der Waals surface area contributed by atoms with Crippen molar-refractivity contribution in [2.24, 2.45) is 5.92 Å². The largest absolute Gasteiger partial charge is 0.395 e. The number of aliphatic hydroxyl groups excluding tert-OH is 1. The van der Waals surface area contributed by atoms with Crippen LogP contribution in [0.5, 0.6) is 0 Å². The normalized spacial score (nSPS) is 18.6. The van der Waals surface area contributed by atoms with Gasteiger partial charge in [-0.2, -0.15) is 0 Å². The van der Waals surface area contributed by atoms with E-state index >= 15 is 0 Å². The number of likely N-dealkylation sites (tertiary alicyclic amines) is 1. The van der Waals surface area contributed by atoms with Gasteiger partial charge in [-0.05, 0) is 37.0 Å². The Balaban J connectivity index is 2.03. The third kappa shape index (κ3) is 4.43. The van der Waals surface area contributed by atoms with Crippen LogP contribution in [-0.2, 0) is 4.79 Å². The zero-order chi connectivity index (χ0) is 15.2. The molecular weight excluding hydrogens is 271 g/mol. The van der Waals surface area contributed by atoms with Crippen LogP contribution in [0.4, 0.5) is 10.1 Å². The molecule has 2 rings (SSSR count). The Hall–Kier alpha value is -1.62. The maximum absolute atomic E-state index is 13.3. The first-order valence-electron chi connectivity index (χ1n) is 7.49. The average Bonchev–Trinajstić information content (AvgIpc) is 2.46. The van der Waals surface area contributed by atoms with Gasteiger partial charge in [-0.3, -0.25) is 4.79 Å². The van der Waals surface area contributed by atoms with Crippen LogP contribution in [0.25, 0.3) is 0 Å². The van der Waals surface area contributed by atoms with Crippen LogP contribution < -0.4 is 4.90 Å². The molecule has 0 saturated carbocycles. The van der Waals surface area contributed by atoms with E-state index in [9.17, 15) is 14.3 Å². The molecule has 1 aliphatic rings. The SMILES string of the molecule is C[C@H]1CCCN(C(=O)CN(CCO)c2cccc(F)c2)C1. The fourth-order valence-electron chi connectivity index (χ4n) is 2.77. The fourth-order valence-corrected chi connectivity index (χ4v) is 2.77. The summed E-state index contributed by atoms with van der Waals surface area (Å²) in [5, 5.41) is 9.17. The lowest BCUT2D eigenvalue weighted by Gasteiger charge is -2.33. The molecule has 1 aliphatic heterocycles. The Morgan fingerprint density at radius 1 is 1.52 bits per heavy atom. The highest BCUT2D eigenvalue weighted by Crippen LogP contribution is 2.18. The summed E-state index contributed by atoms with van der Waals surface area (Å²) < 4.78 is 13.3. The van der Waals surface area contributed by atoms with E-state index in [2.05, 4.69) is 6.92 Å². The Labute approximate surface area is 125 Å². The van der Waals surface area contributed by atoms with Crippen LogP contribution in [-0.4, -0.2) is 48.7 Å². The fraction of sp³-hybridized carbons (Fsp3) is 0.562. The summed E-state index contributed by atoms with van der Waals surface area (Å²) in [5.41, 5.74) is 0.627. The molecule has 1 amide bonds. The first kappa shape index (κ1) is 15.8. The van der Waals surface area contributed by atoms with Gasteiger partial charge in [0, 0.05) is 25.3 Å². The summed E-state index contributed by atoms with van der Waals surface area (Å²) >= 11 is 0. The molecule has 0 aromatic heterocycles. The predicted octanol–water partition coefficient (Wildman–Crippen LogP) is 1.88. The summed E-state index contributed by atoms with van der Waals surface area (Å²) in [6.07, 6.45) is 2.20. The molecule has 1 aromatic carbocycles. The number of anilines is 1. The van der Waals surface area contributed by atoms with Crippen molar-refractivity contribution in [2.45, 2.75) is 19.8 Å². The average molecular weight is 294 g/mol. The van der Waals surface area contributed by atoms with Gasteiger partial charge < -0.3 is 14.9 Å². The highest BCUT2D eigenvalue weighted by Gasteiger charge is 2.22. The van der Waals surface area contributed by atoms with Crippen molar-refractivity contribution in [2.75, 3.05) is 37.7 Å². The van der Waals surface area contributed by atoms with Crippen molar-refractivity contribution in [3.05, 3.63) is 30.1 Å². The lowest BCUT2D eigenvalue weighted by atomic mass is 10.0. The molecule has 0 unspecified atom stereocenters. The number of carbonyl (C=O) groups is 1. The van der Waals surface area contributed by atoms with Gasteiger partial charge in [0.2, 0.25) is 5.91 Å². The number of nitrogens with zero attached hydrogens (tertiary/aromatic N) is 2. The number of halogens is 1. The summed E-state index contributed by atoms with van der Waals surface area (Å²) in [4.78, 5) is 16.0. The molecule has 1 fully saturated rings. The highest BCUT2D eigenvalue weighted by atomic mass is 19.1. The first-order valence-corrected chi connectivity index (χ1v) is 7.49. The molecule has 1 N–H and O–H groups in total. The van der Waals surface area contributed by atoms with Gasteiger partial charge in [-0.25, -0.2) is 4.39 Å². The van der Waals surface area contributed by atoms with E-state index in [1.165, 1.54) is 12.1 Å². The minimum atomic E-state index is -0.338. The second-order valence-electron chi connectivity index (χ2n) is 5.71. The maximum atomic E-state index is 13.3. The molecule has 0 radical (unpaired) electrons. The topological polar surface area (TPSA) is 43.8 Å². The van der Waals surface area contributed by atoms with E-state index in [-0.39, 0.29) is 24.9 Å². The highest BCUT2D eigenvalue weighted by molar-refractivity contribution is 5.81. The Bertz CT molecular complexity index is 481. The van der Waals surface area contributed by atoms with Crippen molar-refractivity contribution in [1.82, 2.24) is 4.90 Å². The predicted molar refractivity (Wildman–Crippen MR) is 80.7 cm³/mol. The number of hydrogen-bond acceptors (Lipinski definition) is 3. The number of piperidine rings is 1. The molecule has 5 heteroatoms. The van der Waals surface area contributed by atoms with Crippen molar-refractivity contribution in [3.63, 3.8) is 0 Å². The van der Waals surface area contributed by atoms with Gasteiger partial charge in [-0.1, -0.05) is 13.0 Å². The molecule has 1 aromatic rings. The van der Waals surface area contributed by atoms with Gasteiger partial charge in [0.15, 0.2) is 0 Å². The Morgan fingerprint density at radius 2 is 2.33 bits per heavy atom. The maximum Gasteiger partial charge on any atom is 0.242 e. The van der Waals surface area contributed by atoms with Crippen LogP contribution >= 0.6 is 0 Å². The quantitative estimate of drug-likeness (QED) is 0.902. The molecular formula is C16H23FN2O2. The van der Waals surface area contributed by atoms with Gasteiger partial charge in [-0.15, -0.1) is 0 Å². The van der Waals surface area contributed by atoms with E-state index in [0.717, 1.165) is 25.9 Å². The zero-order valence-electron chi connectivity index (χ0n) is 12.5. The molecule has 4 nitrogen and oxygen atoms in total. The number of hydrogen-bond donors (Lipinski definition) is 1. The third-order valence-electron chi connectivity index (χ3n) is 3.88. The minimum Gasteiger partial charge on any atom is -0.395 e. The van der Waals surface area contributed by atoms with Crippen LogP contribution in [0.2, 0.25) is 0 Å². The van der Waals surface area contributed by atoms with Crippen LogP contribution in [0, 0.1) is 11.7 Å². The molecule has 0 bridgehead atoms. The van der Waals surface area contributed by atoms with Crippen molar-refractivity contribution in [1.29, 1.82) is 0 Å². The standard InChI is InChI=1S/C16H23FN2O2/c1-13-4-3-7-19(11-13)16(21)12-18(8-9-20)15-6-2-5-14(17)10-15/h2,5-6,10,13,20H,3-4,7-9,11-12H2,1H3/t13-/m0/s1. The Kier molecular flexibility index (Phi) is 5.56. The zero-order valence-corrected chi connectivity index (χ0v) is 12.5. The van der Waals surface area contributed by atoms with E-state index < -0.39 is 0 Å². The lowest BCUT2D eigenvalue weighted by molar-refractivity contribution is -0.131.